The Bertz CT molecular complexity index is 786. The normalized spacial score (nSPS) is 32.1. The number of likely N-dealkylation sites (tertiary alicyclic amines) is 2. The van der Waals surface area contributed by atoms with Crippen molar-refractivity contribution in [3.8, 4) is 0 Å². The van der Waals surface area contributed by atoms with Gasteiger partial charge in [-0.25, -0.2) is 4.90 Å². The van der Waals surface area contributed by atoms with Gasteiger partial charge in [0.1, 0.15) is 0 Å². The highest BCUT2D eigenvalue weighted by Crippen LogP contribution is 2.48. The summed E-state index contributed by atoms with van der Waals surface area (Å²) in [6.07, 6.45) is 10.6. The number of benzene rings is 1. The molecule has 1 aromatic rings. The minimum Gasteiger partial charge on any atom is -0.444 e. The van der Waals surface area contributed by atoms with Crippen molar-refractivity contribution >= 4 is 6.40 Å². The molecule has 4 fully saturated rings. The van der Waals surface area contributed by atoms with Crippen molar-refractivity contribution in [2.24, 2.45) is 10.5 Å². The standard InChI is InChI=1S/C25H36N4O2/c1-2-4-23(20-8-13-30-14-9-20)22(3-1)19-6-11-28(12-7-19)21-5-10-25(15-21)16-29(17-25)24-27-26-18-31-24/h1-4,18-21,24,27H,5-17H2. The van der Waals surface area contributed by atoms with Crippen LogP contribution in [0.15, 0.2) is 29.4 Å². The van der Waals surface area contributed by atoms with Crippen LogP contribution in [0.2, 0.25) is 0 Å². The zero-order valence-corrected chi connectivity index (χ0v) is 18.5. The lowest BCUT2D eigenvalue weighted by Crippen LogP contribution is -2.61. The summed E-state index contributed by atoms with van der Waals surface area (Å²) >= 11 is 0. The number of hydrazone groups is 1. The van der Waals surface area contributed by atoms with Crippen LogP contribution in [0.3, 0.4) is 0 Å². The summed E-state index contributed by atoms with van der Waals surface area (Å²) < 4.78 is 11.1. The van der Waals surface area contributed by atoms with Gasteiger partial charge in [-0.15, -0.1) is 5.10 Å². The molecule has 1 aliphatic carbocycles. The van der Waals surface area contributed by atoms with Gasteiger partial charge in [0.25, 0.3) is 0 Å². The molecule has 1 aromatic carbocycles. The van der Waals surface area contributed by atoms with E-state index >= 15 is 0 Å². The molecular formula is C25H36N4O2. The number of hydrogen-bond acceptors (Lipinski definition) is 6. The van der Waals surface area contributed by atoms with E-state index in [1.807, 2.05) is 0 Å². The van der Waals surface area contributed by atoms with E-state index in [2.05, 4.69) is 44.6 Å². The first-order valence-electron chi connectivity index (χ1n) is 12.4. The van der Waals surface area contributed by atoms with Gasteiger partial charge in [-0.1, -0.05) is 24.3 Å². The second kappa shape index (κ2) is 8.38. The molecule has 0 amide bonds. The van der Waals surface area contributed by atoms with Gasteiger partial charge in [0.2, 0.25) is 6.35 Å². The van der Waals surface area contributed by atoms with Gasteiger partial charge in [-0.2, -0.15) is 0 Å². The average molecular weight is 425 g/mol. The lowest BCUT2D eigenvalue weighted by Gasteiger charge is -2.50. The first-order chi connectivity index (χ1) is 15.3. The Morgan fingerprint density at radius 3 is 2.29 bits per heavy atom. The van der Waals surface area contributed by atoms with Crippen LogP contribution in [0.25, 0.3) is 0 Å². The van der Waals surface area contributed by atoms with Crippen LogP contribution in [-0.4, -0.2) is 68.0 Å². The number of hydrogen-bond donors (Lipinski definition) is 1. The van der Waals surface area contributed by atoms with Gasteiger partial charge in [0, 0.05) is 32.3 Å². The predicted molar refractivity (Wildman–Crippen MR) is 121 cm³/mol. The minimum absolute atomic E-state index is 0.0313. The Kier molecular flexibility index (Phi) is 5.41. The van der Waals surface area contributed by atoms with Crippen molar-refractivity contribution in [2.75, 3.05) is 39.4 Å². The summed E-state index contributed by atoms with van der Waals surface area (Å²) in [6, 6.07) is 10.1. The summed E-state index contributed by atoms with van der Waals surface area (Å²) in [5.74, 6) is 1.43. The number of nitrogens with one attached hydrogen (secondary N) is 1. The monoisotopic (exact) mass is 424 g/mol. The topological polar surface area (TPSA) is 49.3 Å². The molecular weight excluding hydrogens is 388 g/mol. The maximum Gasteiger partial charge on any atom is 0.246 e. The van der Waals surface area contributed by atoms with Crippen LogP contribution in [-0.2, 0) is 9.47 Å². The van der Waals surface area contributed by atoms with Crippen molar-refractivity contribution in [3.63, 3.8) is 0 Å². The molecule has 3 saturated heterocycles. The lowest BCUT2D eigenvalue weighted by atomic mass is 9.78. The summed E-state index contributed by atoms with van der Waals surface area (Å²) in [5, 5.41) is 3.99. The molecule has 168 valence electrons. The fourth-order valence-electron chi connectivity index (χ4n) is 6.98. The molecule has 6 nitrogen and oxygen atoms in total. The SMILES string of the molecule is C1=NNC(N2CC3(CCC(N4CCC(c5ccccc5C5CCOCC5)CC4)C3)C2)O1. The molecule has 5 aliphatic rings. The van der Waals surface area contributed by atoms with Crippen molar-refractivity contribution < 1.29 is 9.47 Å². The van der Waals surface area contributed by atoms with Crippen molar-refractivity contribution in [2.45, 2.75) is 69.2 Å². The Morgan fingerprint density at radius 2 is 1.61 bits per heavy atom. The third kappa shape index (κ3) is 3.87. The zero-order chi connectivity index (χ0) is 20.7. The highest BCUT2D eigenvalue weighted by atomic mass is 16.5. The smallest absolute Gasteiger partial charge is 0.246 e. The molecule has 0 aromatic heterocycles. The summed E-state index contributed by atoms with van der Waals surface area (Å²) in [6.45, 7) is 6.68. The molecule has 0 bridgehead atoms. The van der Waals surface area contributed by atoms with Crippen LogP contribution < -0.4 is 5.43 Å². The van der Waals surface area contributed by atoms with Crippen LogP contribution >= 0.6 is 0 Å². The molecule has 2 unspecified atom stereocenters. The Hall–Kier alpha value is -1.63. The largest absolute Gasteiger partial charge is 0.444 e. The minimum atomic E-state index is -0.0313. The van der Waals surface area contributed by atoms with Crippen LogP contribution in [0, 0.1) is 5.41 Å². The zero-order valence-electron chi connectivity index (χ0n) is 18.5. The summed E-state index contributed by atoms with van der Waals surface area (Å²) in [4.78, 5) is 5.20. The molecule has 1 N–H and O–H groups in total. The van der Waals surface area contributed by atoms with E-state index in [0.29, 0.717) is 11.3 Å². The third-order valence-corrected chi connectivity index (χ3v) is 8.66. The molecule has 6 heteroatoms. The van der Waals surface area contributed by atoms with Crippen LogP contribution in [0.5, 0.6) is 0 Å². The van der Waals surface area contributed by atoms with Gasteiger partial charge in [0.15, 0.2) is 6.40 Å². The maximum atomic E-state index is 5.62. The van der Waals surface area contributed by atoms with Crippen LogP contribution in [0.4, 0.5) is 0 Å². The van der Waals surface area contributed by atoms with Gasteiger partial charge in [0.05, 0.1) is 0 Å². The fraction of sp³-hybridized carbons (Fsp3) is 0.720. The highest BCUT2D eigenvalue weighted by molar-refractivity contribution is 5.47. The van der Waals surface area contributed by atoms with E-state index in [9.17, 15) is 0 Å². The van der Waals surface area contributed by atoms with Crippen molar-refractivity contribution in [1.82, 2.24) is 15.2 Å². The number of nitrogens with zero attached hydrogens (tertiary/aromatic N) is 3. The van der Waals surface area contributed by atoms with Gasteiger partial charge >= 0.3 is 0 Å². The van der Waals surface area contributed by atoms with E-state index < -0.39 is 0 Å². The van der Waals surface area contributed by atoms with Gasteiger partial charge < -0.3 is 14.4 Å². The van der Waals surface area contributed by atoms with Gasteiger partial charge in [-0.3, -0.25) is 5.43 Å². The summed E-state index contributed by atoms with van der Waals surface area (Å²) in [7, 11) is 0. The number of piperidine rings is 1. The van der Waals surface area contributed by atoms with E-state index in [4.69, 9.17) is 9.47 Å². The Morgan fingerprint density at radius 1 is 0.903 bits per heavy atom. The van der Waals surface area contributed by atoms with Crippen LogP contribution in [0.1, 0.15) is 67.9 Å². The molecule has 6 rings (SSSR count). The fourth-order valence-corrected chi connectivity index (χ4v) is 6.98. The quantitative estimate of drug-likeness (QED) is 0.802. The van der Waals surface area contributed by atoms with Crippen molar-refractivity contribution in [3.05, 3.63) is 35.4 Å². The van der Waals surface area contributed by atoms with E-state index in [0.717, 1.165) is 38.3 Å². The van der Waals surface area contributed by atoms with E-state index in [-0.39, 0.29) is 6.35 Å². The molecule has 4 heterocycles. The lowest BCUT2D eigenvalue weighted by molar-refractivity contribution is -0.106. The second-order valence-electron chi connectivity index (χ2n) is 10.5. The molecule has 4 aliphatic heterocycles. The first-order valence-corrected chi connectivity index (χ1v) is 12.4. The molecule has 2 atom stereocenters. The van der Waals surface area contributed by atoms with E-state index in [1.54, 1.807) is 11.1 Å². The highest BCUT2D eigenvalue weighted by Gasteiger charge is 2.51. The third-order valence-electron chi connectivity index (χ3n) is 8.66. The average Bonchev–Trinajstić information content (AvgIpc) is 3.49. The maximum absolute atomic E-state index is 5.62. The molecule has 31 heavy (non-hydrogen) atoms. The Balaban J connectivity index is 1.04. The molecule has 0 radical (unpaired) electrons. The van der Waals surface area contributed by atoms with E-state index in [1.165, 1.54) is 64.4 Å². The van der Waals surface area contributed by atoms with Crippen molar-refractivity contribution in [1.29, 1.82) is 0 Å². The Labute approximate surface area is 185 Å². The first kappa shape index (κ1) is 20.0. The number of rotatable bonds is 4. The number of ether oxygens (including phenoxy) is 2. The molecule has 1 spiro atoms. The van der Waals surface area contributed by atoms with Gasteiger partial charge in [-0.05, 0) is 86.4 Å². The predicted octanol–water partition coefficient (Wildman–Crippen LogP) is 3.46. The summed E-state index contributed by atoms with van der Waals surface area (Å²) in [5.41, 5.74) is 6.82. The second-order valence-corrected chi connectivity index (χ2v) is 10.5. The molecule has 1 saturated carbocycles.